The molecule has 1 atom stereocenters. The summed E-state index contributed by atoms with van der Waals surface area (Å²) in [5.74, 6) is 0.734. The van der Waals surface area contributed by atoms with Crippen LogP contribution in [0.15, 0.2) is 36.8 Å². The molecule has 8 heteroatoms. The van der Waals surface area contributed by atoms with Crippen LogP contribution in [0.1, 0.15) is 29.9 Å². The summed E-state index contributed by atoms with van der Waals surface area (Å²) in [7, 11) is 0. The average Bonchev–Trinajstić information content (AvgIpc) is 3.09. The Balaban J connectivity index is 1.53. The molecule has 160 valence electrons. The molecule has 3 heterocycles. The highest BCUT2D eigenvalue weighted by atomic mass is 19.4. The van der Waals surface area contributed by atoms with Crippen LogP contribution >= 0.6 is 0 Å². The fraction of sp³-hybridized carbons (Fsp3) is 0.455. The molecule has 3 aromatic rings. The second-order valence-corrected chi connectivity index (χ2v) is 8.05. The quantitative estimate of drug-likeness (QED) is 0.635. The molecule has 1 aliphatic heterocycles. The van der Waals surface area contributed by atoms with Crippen molar-refractivity contribution in [1.29, 1.82) is 0 Å². The molecule has 0 spiro atoms. The minimum absolute atomic E-state index is 0.147. The van der Waals surface area contributed by atoms with E-state index in [1.807, 2.05) is 25.5 Å². The normalized spacial score (nSPS) is 17.5. The SMILES string of the molecule is Cc1ncc(-n2ccc3cc(C(C)N4CCN(CC(F)(F)F)CC4)c(C)cc32)cn1. The molecule has 0 N–H and O–H groups in total. The van der Waals surface area contributed by atoms with Crippen LogP contribution < -0.4 is 0 Å². The predicted octanol–water partition coefficient (Wildman–Crippen LogP) is 4.28. The second kappa shape index (κ2) is 8.00. The van der Waals surface area contributed by atoms with E-state index in [2.05, 4.69) is 51.5 Å². The molecule has 1 fully saturated rings. The zero-order valence-electron chi connectivity index (χ0n) is 17.4. The molecule has 1 saturated heterocycles. The minimum atomic E-state index is -4.13. The highest BCUT2D eigenvalue weighted by molar-refractivity contribution is 5.83. The summed E-state index contributed by atoms with van der Waals surface area (Å²) in [5, 5.41) is 1.12. The average molecular weight is 417 g/mol. The third kappa shape index (κ3) is 4.34. The molecule has 0 saturated carbocycles. The molecular formula is C22H26F3N5. The Kier molecular flexibility index (Phi) is 5.55. The van der Waals surface area contributed by atoms with Gasteiger partial charge in [0.15, 0.2) is 0 Å². The zero-order chi connectivity index (χ0) is 21.5. The number of rotatable bonds is 4. The standard InChI is InChI=1S/C22H26F3N5/c1-15-10-21-18(4-5-30(21)19-12-26-17(3)27-13-19)11-20(15)16(2)29-8-6-28(7-9-29)14-22(23,24)25/h4-5,10-13,16H,6-9,14H2,1-3H3. The fourth-order valence-electron chi connectivity index (χ4n) is 4.25. The Hall–Kier alpha value is -2.45. The second-order valence-electron chi connectivity index (χ2n) is 8.05. The number of aromatic nitrogens is 3. The Morgan fingerprint density at radius 3 is 2.33 bits per heavy atom. The Morgan fingerprint density at radius 1 is 1.03 bits per heavy atom. The maximum absolute atomic E-state index is 12.6. The first-order chi connectivity index (χ1) is 14.2. The van der Waals surface area contributed by atoms with Crippen LogP contribution in [0, 0.1) is 13.8 Å². The summed E-state index contributed by atoms with van der Waals surface area (Å²) in [4.78, 5) is 12.3. The third-order valence-corrected chi connectivity index (χ3v) is 5.93. The smallest absolute Gasteiger partial charge is 0.314 e. The van der Waals surface area contributed by atoms with Crippen molar-refractivity contribution in [3.8, 4) is 5.69 Å². The van der Waals surface area contributed by atoms with Gasteiger partial charge in [-0.1, -0.05) is 0 Å². The van der Waals surface area contributed by atoms with E-state index >= 15 is 0 Å². The van der Waals surface area contributed by atoms with E-state index in [4.69, 9.17) is 0 Å². The number of aryl methyl sites for hydroxylation is 2. The van der Waals surface area contributed by atoms with Crippen molar-refractivity contribution in [2.24, 2.45) is 0 Å². The van der Waals surface area contributed by atoms with E-state index < -0.39 is 12.7 Å². The molecule has 1 aromatic carbocycles. The molecule has 1 unspecified atom stereocenters. The highest BCUT2D eigenvalue weighted by Gasteiger charge is 2.33. The number of fused-ring (bicyclic) bond motifs is 1. The molecular weight excluding hydrogens is 391 g/mol. The first-order valence-corrected chi connectivity index (χ1v) is 10.1. The van der Waals surface area contributed by atoms with Gasteiger partial charge >= 0.3 is 6.18 Å². The monoisotopic (exact) mass is 417 g/mol. The largest absolute Gasteiger partial charge is 0.401 e. The molecule has 30 heavy (non-hydrogen) atoms. The molecule has 5 nitrogen and oxygen atoms in total. The lowest BCUT2D eigenvalue weighted by Gasteiger charge is -2.38. The molecule has 1 aliphatic rings. The van der Waals surface area contributed by atoms with Crippen molar-refractivity contribution < 1.29 is 13.2 Å². The molecule has 0 aliphatic carbocycles. The van der Waals surface area contributed by atoms with Gasteiger partial charge in [-0.3, -0.25) is 9.80 Å². The van der Waals surface area contributed by atoms with Crippen molar-refractivity contribution in [2.45, 2.75) is 33.0 Å². The lowest BCUT2D eigenvalue weighted by molar-refractivity contribution is -0.149. The highest BCUT2D eigenvalue weighted by Crippen LogP contribution is 2.30. The van der Waals surface area contributed by atoms with E-state index in [1.165, 1.54) is 16.0 Å². The van der Waals surface area contributed by atoms with Gasteiger partial charge in [0.2, 0.25) is 0 Å². The maximum atomic E-state index is 12.6. The fourth-order valence-corrected chi connectivity index (χ4v) is 4.25. The Morgan fingerprint density at radius 2 is 1.70 bits per heavy atom. The van der Waals surface area contributed by atoms with Gasteiger partial charge in [0.25, 0.3) is 0 Å². The van der Waals surface area contributed by atoms with Crippen LogP contribution in [0.25, 0.3) is 16.6 Å². The lowest BCUT2D eigenvalue weighted by Crippen LogP contribution is -2.49. The van der Waals surface area contributed by atoms with Gasteiger partial charge in [0.05, 0.1) is 30.1 Å². The Bertz CT molecular complexity index is 1020. The van der Waals surface area contributed by atoms with Crippen LogP contribution in [0.2, 0.25) is 0 Å². The third-order valence-electron chi connectivity index (χ3n) is 5.93. The van der Waals surface area contributed by atoms with Crippen molar-refractivity contribution in [2.75, 3.05) is 32.7 Å². The van der Waals surface area contributed by atoms with Crippen LogP contribution in [0.3, 0.4) is 0 Å². The van der Waals surface area contributed by atoms with Gasteiger partial charge < -0.3 is 4.57 Å². The number of piperazine rings is 1. The van der Waals surface area contributed by atoms with E-state index in [0.29, 0.717) is 26.2 Å². The van der Waals surface area contributed by atoms with Crippen LogP contribution in [-0.4, -0.2) is 63.2 Å². The molecule has 0 bridgehead atoms. The van der Waals surface area contributed by atoms with Gasteiger partial charge in [0.1, 0.15) is 5.82 Å². The molecule has 4 rings (SSSR count). The van der Waals surface area contributed by atoms with Gasteiger partial charge in [-0.25, -0.2) is 9.97 Å². The molecule has 2 aromatic heterocycles. The van der Waals surface area contributed by atoms with Crippen molar-refractivity contribution in [3.05, 3.63) is 53.7 Å². The lowest BCUT2D eigenvalue weighted by atomic mass is 9.98. The number of nitrogens with zero attached hydrogens (tertiary/aromatic N) is 5. The summed E-state index contributed by atoms with van der Waals surface area (Å²) in [5.41, 5.74) is 4.38. The van der Waals surface area contributed by atoms with Crippen molar-refractivity contribution in [1.82, 2.24) is 24.3 Å². The number of halogens is 3. The van der Waals surface area contributed by atoms with Crippen LogP contribution in [0.5, 0.6) is 0 Å². The first kappa shape index (κ1) is 20.8. The van der Waals surface area contributed by atoms with Crippen LogP contribution in [0.4, 0.5) is 13.2 Å². The Labute approximate surface area is 174 Å². The number of hydrogen-bond donors (Lipinski definition) is 0. The van der Waals surface area contributed by atoms with Crippen LogP contribution in [-0.2, 0) is 0 Å². The molecule has 0 amide bonds. The zero-order valence-corrected chi connectivity index (χ0v) is 17.4. The topological polar surface area (TPSA) is 37.2 Å². The van der Waals surface area contributed by atoms with Gasteiger partial charge in [-0.05, 0) is 50.1 Å². The van der Waals surface area contributed by atoms with E-state index in [0.717, 1.165) is 22.4 Å². The summed E-state index contributed by atoms with van der Waals surface area (Å²) >= 11 is 0. The number of hydrogen-bond acceptors (Lipinski definition) is 4. The maximum Gasteiger partial charge on any atom is 0.401 e. The number of alkyl halides is 3. The van der Waals surface area contributed by atoms with E-state index in [-0.39, 0.29) is 6.04 Å². The summed E-state index contributed by atoms with van der Waals surface area (Å²) in [6, 6.07) is 6.59. The summed E-state index contributed by atoms with van der Waals surface area (Å²) in [6.45, 7) is 7.41. The van der Waals surface area contributed by atoms with Crippen molar-refractivity contribution >= 4 is 10.9 Å². The van der Waals surface area contributed by atoms with Gasteiger partial charge in [0, 0.05) is 43.8 Å². The van der Waals surface area contributed by atoms with Gasteiger partial charge in [-0.2, -0.15) is 13.2 Å². The van der Waals surface area contributed by atoms with Gasteiger partial charge in [-0.15, -0.1) is 0 Å². The minimum Gasteiger partial charge on any atom is -0.314 e. The summed E-state index contributed by atoms with van der Waals surface area (Å²) in [6.07, 6.45) is 1.51. The van der Waals surface area contributed by atoms with E-state index in [1.54, 1.807) is 0 Å². The number of benzene rings is 1. The van der Waals surface area contributed by atoms with Crippen molar-refractivity contribution in [3.63, 3.8) is 0 Å². The summed E-state index contributed by atoms with van der Waals surface area (Å²) < 4.78 is 40.0. The first-order valence-electron chi connectivity index (χ1n) is 10.1. The van der Waals surface area contributed by atoms with E-state index in [9.17, 15) is 13.2 Å². The predicted molar refractivity (Wildman–Crippen MR) is 111 cm³/mol. The molecule has 0 radical (unpaired) electrons.